The van der Waals surface area contributed by atoms with Crippen molar-refractivity contribution in [3.63, 3.8) is 0 Å². The van der Waals surface area contributed by atoms with Gasteiger partial charge in [-0.3, -0.25) is 4.79 Å². The summed E-state index contributed by atoms with van der Waals surface area (Å²) in [6.07, 6.45) is 4.52. The van der Waals surface area contributed by atoms with Gasteiger partial charge in [-0.15, -0.1) is 0 Å². The molecule has 0 saturated heterocycles. The van der Waals surface area contributed by atoms with E-state index in [0.29, 0.717) is 18.4 Å². The lowest BCUT2D eigenvalue weighted by Gasteiger charge is -2.33. The number of halogens is 1. The first-order valence-corrected chi connectivity index (χ1v) is 6.87. The number of carbonyl (C=O) groups excluding carboxylic acids is 1. The van der Waals surface area contributed by atoms with Crippen molar-refractivity contribution in [2.75, 3.05) is 0 Å². The van der Waals surface area contributed by atoms with Crippen LogP contribution in [0.25, 0.3) is 0 Å². The average Bonchev–Trinajstić information content (AvgIpc) is 2.40. The van der Waals surface area contributed by atoms with Crippen molar-refractivity contribution in [2.45, 2.75) is 50.6 Å². The molecule has 1 aliphatic carbocycles. The Balaban J connectivity index is 2.04. The highest BCUT2D eigenvalue weighted by Gasteiger charge is 2.35. The molecule has 2 rings (SSSR count). The van der Waals surface area contributed by atoms with Crippen LogP contribution in [-0.2, 0) is 4.79 Å². The van der Waals surface area contributed by atoms with Crippen LogP contribution >= 0.6 is 0 Å². The van der Waals surface area contributed by atoms with E-state index >= 15 is 0 Å². The van der Waals surface area contributed by atoms with Crippen molar-refractivity contribution in [1.82, 2.24) is 5.32 Å². The molecule has 0 bridgehead atoms. The van der Waals surface area contributed by atoms with Gasteiger partial charge < -0.3 is 11.1 Å². The number of nitrogens with one attached hydrogen (secondary N) is 1. The molecule has 104 valence electrons. The number of nitrogens with two attached hydrogens (primary N) is 1. The highest BCUT2D eigenvalue weighted by molar-refractivity contribution is 5.86. The van der Waals surface area contributed by atoms with E-state index in [0.717, 1.165) is 19.3 Å². The number of hydrogen-bond donors (Lipinski definition) is 2. The second-order valence-corrected chi connectivity index (χ2v) is 5.43. The molecule has 1 aromatic rings. The summed E-state index contributed by atoms with van der Waals surface area (Å²) in [6.45, 7) is 1.78. The largest absolute Gasteiger partial charge is 0.348 e. The summed E-state index contributed by atoms with van der Waals surface area (Å²) in [4.78, 5) is 12.3. The van der Waals surface area contributed by atoms with E-state index in [4.69, 9.17) is 5.73 Å². The van der Waals surface area contributed by atoms with E-state index in [1.165, 1.54) is 6.07 Å². The van der Waals surface area contributed by atoms with Crippen LogP contribution in [0.5, 0.6) is 0 Å². The summed E-state index contributed by atoms with van der Waals surface area (Å²) in [7, 11) is 0. The van der Waals surface area contributed by atoms with E-state index in [1.807, 2.05) is 0 Å². The fourth-order valence-corrected chi connectivity index (χ4v) is 2.65. The number of amides is 1. The van der Waals surface area contributed by atoms with Crippen molar-refractivity contribution >= 4 is 5.91 Å². The third kappa shape index (κ3) is 3.13. The predicted octanol–water partition coefficient (Wildman–Crippen LogP) is 2.66. The lowest BCUT2D eigenvalue weighted by Crippen LogP contribution is -2.55. The Morgan fingerprint density at radius 3 is 2.58 bits per heavy atom. The molecule has 0 spiro atoms. The van der Waals surface area contributed by atoms with Gasteiger partial charge in [0.1, 0.15) is 5.82 Å². The van der Waals surface area contributed by atoms with Gasteiger partial charge in [-0.1, -0.05) is 37.5 Å². The zero-order valence-corrected chi connectivity index (χ0v) is 11.3. The van der Waals surface area contributed by atoms with Gasteiger partial charge in [-0.25, -0.2) is 4.39 Å². The van der Waals surface area contributed by atoms with Gasteiger partial charge in [0.15, 0.2) is 0 Å². The molecule has 19 heavy (non-hydrogen) atoms. The Kier molecular flexibility index (Phi) is 4.20. The fraction of sp³-hybridized carbons (Fsp3) is 0.533. The van der Waals surface area contributed by atoms with Crippen LogP contribution < -0.4 is 11.1 Å². The Bertz CT molecular complexity index is 455. The molecule has 3 N–H and O–H groups in total. The Hall–Kier alpha value is -1.42. The zero-order valence-electron chi connectivity index (χ0n) is 11.3. The van der Waals surface area contributed by atoms with Crippen molar-refractivity contribution in [3.8, 4) is 0 Å². The van der Waals surface area contributed by atoms with Gasteiger partial charge in [0.25, 0.3) is 0 Å². The Labute approximate surface area is 113 Å². The molecule has 1 saturated carbocycles. The Morgan fingerprint density at radius 2 is 1.95 bits per heavy atom. The van der Waals surface area contributed by atoms with Gasteiger partial charge in [0.05, 0.1) is 11.6 Å². The van der Waals surface area contributed by atoms with E-state index in [2.05, 4.69) is 5.32 Å². The summed E-state index contributed by atoms with van der Waals surface area (Å²) in [5.74, 6) is -0.465. The second-order valence-electron chi connectivity index (χ2n) is 5.43. The van der Waals surface area contributed by atoms with Gasteiger partial charge in [-0.2, -0.15) is 0 Å². The van der Waals surface area contributed by atoms with E-state index in [-0.39, 0.29) is 17.8 Å². The summed E-state index contributed by atoms with van der Waals surface area (Å²) in [5.41, 5.74) is 5.88. The summed E-state index contributed by atoms with van der Waals surface area (Å²) in [5, 5.41) is 2.84. The molecule has 3 nitrogen and oxygen atoms in total. The number of benzene rings is 1. The molecule has 4 heteroatoms. The maximum absolute atomic E-state index is 13.6. The number of carbonyl (C=O) groups is 1. The smallest absolute Gasteiger partial charge is 0.240 e. The van der Waals surface area contributed by atoms with Crippen molar-refractivity contribution in [3.05, 3.63) is 35.6 Å². The van der Waals surface area contributed by atoms with Gasteiger partial charge in [-0.05, 0) is 25.8 Å². The lowest BCUT2D eigenvalue weighted by atomic mass is 9.81. The molecule has 1 amide bonds. The van der Waals surface area contributed by atoms with Crippen LogP contribution in [0, 0.1) is 5.82 Å². The van der Waals surface area contributed by atoms with Crippen molar-refractivity contribution in [1.29, 1.82) is 0 Å². The first kappa shape index (κ1) is 14.0. The molecular weight excluding hydrogens is 243 g/mol. The molecule has 0 radical (unpaired) electrons. The zero-order chi connectivity index (χ0) is 13.9. The van der Waals surface area contributed by atoms with Crippen LogP contribution in [0.15, 0.2) is 24.3 Å². The standard InChI is InChI=1S/C15H21FN2O/c1-11(12-7-3-4-8-13(12)16)18-14(19)15(17)9-5-2-6-10-15/h3-4,7-8,11H,2,5-6,9-10,17H2,1H3,(H,18,19). The number of rotatable bonds is 3. The predicted molar refractivity (Wildman–Crippen MR) is 73.0 cm³/mol. The van der Waals surface area contributed by atoms with Crippen molar-refractivity contribution in [2.24, 2.45) is 5.73 Å². The number of hydrogen-bond acceptors (Lipinski definition) is 2. The molecule has 1 unspecified atom stereocenters. The lowest BCUT2D eigenvalue weighted by molar-refractivity contribution is -0.128. The second kappa shape index (κ2) is 5.70. The average molecular weight is 264 g/mol. The van der Waals surface area contributed by atoms with Gasteiger partial charge in [0, 0.05) is 5.56 Å². The summed E-state index contributed by atoms with van der Waals surface area (Å²) >= 11 is 0. The van der Waals surface area contributed by atoms with Crippen LogP contribution in [0.3, 0.4) is 0 Å². The highest BCUT2D eigenvalue weighted by atomic mass is 19.1. The first-order chi connectivity index (χ1) is 9.03. The third-order valence-electron chi connectivity index (χ3n) is 3.92. The third-order valence-corrected chi connectivity index (χ3v) is 3.92. The first-order valence-electron chi connectivity index (χ1n) is 6.87. The topological polar surface area (TPSA) is 55.1 Å². The highest BCUT2D eigenvalue weighted by Crippen LogP contribution is 2.27. The normalized spacial score (nSPS) is 19.7. The van der Waals surface area contributed by atoms with E-state index in [1.54, 1.807) is 25.1 Å². The minimum atomic E-state index is -0.780. The Morgan fingerprint density at radius 1 is 1.32 bits per heavy atom. The maximum Gasteiger partial charge on any atom is 0.240 e. The summed E-state index contributed by atoms with van der Waals surface area (Å²) < 4.78 is 13.6. The van der Waals surface area contributed by atoms with Gasteiger partial charge in [0.2, 0.25) is 5.91 Å². The molecule has 1 fully saturated rings. The molecule has 0 aromatic heterocycles. The molecule has 0 aliphatic heterocycles. The minimum Gasteiger partial charge on any atom is -0.348 e. The van der Waals surface area contributed by atoms with Gasteiger partial charge >= 0.3 is 0 Å². The minimum absolute atomic E-state index is 0.164. The molecular formula is C15H21FN2O. The monoisotopic (exact) mass is 264 g/mol. The van der Waals surface area contributed by atoms with Crippen LogP contribution in [0.2, 0.25) is 0 Å². The SMILES string of the molecule is CC(NC(=O)C1(N)CCCCC1)c1ccccc1F. The molecule has 1 aromatic carbocycles. The quantitative estimate of drug-likeness (QED) is 0.882. The maximum atomic E-state index is 13.6. The van der Waals surface area contributed by atoms with E-state index < -0.39 is 5.54 Å². The molecule has 0 heterocycles. The van der Waals surface area contributed by atoms with E-state index in [9.17, 15) is 9.18 Å². The summed E-state index contributed by atoms with van der Waals surface area (Å²) in [6, 6.07) is 6.12. The van der Waals surface area contributed by atoms with Crippen LogP contribution in [-0.4, -0.2) is 11.4 Å². The van der Waals surface area contributed by atoms with Crippen LogP contribution in [0.1, 0.15) is 50.6 Å². The molecule has 1 atom stereocenters. The van der Waals surface area contributed by atoms with Crippen molar-refractivity contribution < 1.29 is 9.18 Å². The molecule has 1 aliphatic rings. The fourth-order valence-electron chi connectivity index (χ4n) is 2.65. The van der Waals surface area contributed by atoms with Crippen LogP contribution in [0.4, 0.5) is 4.39 Å².